The first-order chi connectivity index (χ1) is 10.8. The van der Waals surface area contributed by atoms with Crippen molar-refractivity contribution in [1.29, 1.82) is 0 Å². The number of hydrogen-bond acceptors (Lipinski definition) is 3. The van der Waals surface area contributed by atoms with Crippen molar-refractivity contribution >= 4 is 5.96 Å². The van der Waals surface area contributed by atoms with Crippen molar-refractivity contribution in [2.24, 2.45) is 4.99 Å². The molecule has 2 N–H and O–H groups in total. The highest BCUT2D eigenvalue weighted by Crippen LogP contribution is 2.11. The van der Waals surface area contributed by atoms with E-state index in [0.717, 1.165) is 30.4 Å². The van der Waals surface area contributed by atoms with Crippen LogP contribution in [0, 0.1) is 6.92 Å². The van der Waals surface area contributed by atoms with E-state index in [4.69, 9.17) is 9.15 Å². The largest absolute Gasteiger partial charge is 0.492 e. The van der Waals surface area contributed by atoms with Crippen LogP contribution >= 0.6 is 0 Å². The second kappa shape index (κ2) is 8.77. The molecule has 0 aliphatic heterocycles. The maximum Gasteiger partial charge on any atom is 0.191 e. The van der Waals surface area contributed by atoms with Gasteiger partial charge < -0.3 is 19.8 Å². The predicted molar refractivity (Wildman–Crippen MR) is 88.5 cm³/mol. The van der Waals surface area contributed by atoms with Crippen LogP contribution in [0.2, 0.25) is 0 Å². The van der Waals surface area contributed by atoms with Gasteiger partial charge in [0.05, 0.1) is 12.8 Å². The predicted octanol–water partition coefficient (Wildman–Crippen LogP) is 2.37. The summed E-state index contributed by atoms with van der Waals surface area (Å²) in [4.78, 5) is 4.17. The standard InChI is InChI=1S/C17H23N3O2/c1-14-5-3-6-16(13-14)22-12-10-20-17(18-2)19-9-8-15-7-4-11-21-15/h3-7,11,13H,8-10,12H2,1-2H3,(H2,18,19,20). The number of nitrogens with one attached hydrogen (secondary N) is 2. The monoisotopic (exact) mass is 301 g/mol. The second-order valence-corrected chi connectivity index (χ2v) is 4.92. The van der Waals surface area contributed by atoms with Crippen molar-refractivity contribution in [1.82, 2.24) is 10.6 Å². The van der Waals surface area contributed by atoms with Crippen LogP contribution in [0.1, 0.15) is 11.3 Å². The molecule has 1 aromatic carbocycles. The molecule has 5 heteroatoms. The lowest BCUT2D eigenvalue weighted by molar-refractivity contribution is 0.321. The zero-order valence-electron chi connectivity index (χ0n) is 13.1. The zero-order valence-corrected chi connectivity index (χ0v) is 13.1. The lowest BCUT2D eigenvalue weighted by Crippen LogP contribution is -2.40. The molecule has 0 bridgehead atoms. The summed E-state index contributed by atoms with van der Waals surface area (Å²) in [5, 5.41) is 6.46. The van der Waals surface area contributed by atoms with E-state index in [1.165, 1.54) is 5.56 Å². The molecule has 118 valence electrons. The van der Waals surface area contributed by atoms with Crippen LogP contribution in [0.4, 0.5) is 0 Å². The molecule has 0 spiro atoms. The Balaban J connectivity index is 1.62. The van der Waals surface area contributed by atoms with Gasteiger partial charge in [0.15, 0.2) is 5.96 Å². The van der Waals surface area contributed by atoms with Crippen LogP contribution in [-0.4, -0.2) is 32.7 Å². The maximum atomic E-state index is 5.68. The van der Waals surface area contributed by atoms with Gasteiger partial charge in [0, 0.05) is 20.0 Å². The Hall–Kier alpha value is -2.43. The van der Waals surface area contributed by atoms with Crippen molar-refractivity contribution in [2.45, 2.75) is 13.3 Å². The number of guanidine groups is 1. The molecule has 0 aliphatic rings. The highest BCUT2D eigenvalue weighted by atomic mass is 16.5. The van der Waals surface area contributed by atoms with Crippen molar-refractivity contribution < 1.29 is 9.15 Å². The van der Waals surface area contributed by atoms with Gasteiger partial charge in [0.2, 0.25) is 0 Å². The molecule has 0 radical (unpaired) electrons. The van der Waals surface area contributed by atoms with E-state index in [1.54, 1.807) is 13.3 Å². The van der Waals surface area contributed by atoms with E-state index < -0.39 is 0 Å². The number of nitrogens with zero attached hydrogens (tertiary/aromatic N) is 1. The van der Waals surface area contributed by atoms with Crippen LogP contribution in [0.25, 0.3) is 0 Å². The summed E-state index contributed by atoms with van der Waals surface area (Å²) in [7, 11) is 1.75. The summed E-state index contributed by atoms with van der Waals surface area (Å²) < 4.78 is 11.0. The van der Waals surface area contributed by atoms with Crippen molar-refractivity contribution in [3.8, 4) is 5.75 Å². The van der Waals surface area contributed by atoms with Crippen LogP contribution in [0.5, 0.6) is 5.75 Å². The molecule has 1 aromatic heterocycles. The third kappa shape index (κ3) is 5.52. The summed E-state index contributed by atoms with van der Waals surface area (Å²) in [5.74, 6) is 2.62. The number of benzene rings is 1. The average molecular weight is 301 g/mol. The number of hydrogen-bond donors (Lipinski definition) is 2. The molecule has 1 heterocycles. The van der Waals surface area contributed by atoms with Crippen LogP contribution < -0.4 is 15.4 Å². The number of ether oxygens (including phenoxy) is 1. The van der Waals surface area contributed by atoms with Crippen molar-refractivity contribution in [3.05, 3.63) is 54.0 Å². The van der Waals surface area contributed by atoms with Gasteiger partial charge >= 0.3 is 0 Å². The van der Waals surface area contributed by atoms with Gasteiger partial charge in [0.25, 0.3) is 0 Å². The second-order valence-electron chi connectivity index (χ2n) is 4.92. The van der Waals surface area contributed by atoms with E-state index in [1.807, 2.05) is 30.3 Å². The van der Waals surface area contributed by atoms with Gasteiger partial charge in [0.1, 0.15) is 18.1 Å². The summed E-state index contributed by atoms with van der Waals surface area (Å²) in [5.41, 5.74) is 1.20. The number of aliphatic imine (C=N–C) groups is 1. The molecule has 0 atom stereocenters. The first-order valence-corrected chi connectivity index (χ1v) is 7.44. The highest BCUT2D eigenvalue weighted by Gasteiger charge is 1.99. The molecule has 0 amide bonds. The summed E-state index contributed by atoms with van der Waals surface area (Å²) in [6.45, 7) is 4.10. The highest BCUT2D eigenvalue weighted by molar-refractivity contribution is 5.79. The Kier molecular flexibility index (Phi) is 6.36. The fourth-order valence-electron chi connectivity index (χ4n) is 2.02. The SMILES string of the molecule is CN=C(NCCOc1cccc(C)c1)NCCc1ccco1. The number of aryl methyl sites for hydroxylation is 1. The molecule has 2 aromatic rings. The Labute approximate surface area is 131 Å². The van der Waals surface area contributed by atoms with Gasteiger partial charge in [-0.05, 0) is 36.8 Å². The molecule has 0 saturated carbocycles. The average Bonchev–Trinajstić information content (AvgIpc) is 3.03. The molecule has 0 aliphatic carbocycles. The molecule has 0 unspecified atom stereocenters. The molecular formula is C17H23N3O2. The van der Waals surface area contributed by atoms with Crippen molar-refractivity contribution in [2.75, 3.05) is 26.7 Å². The van der Waals surface area contributed by atoms with Gasteiger partial charge in [-0.15, -0.1) is 0 Å². The smallest absolute Gasteiger partial charge is 0.191 e. The fraction of sp³-hybridized carbons (Fsp3) is 0.353. The number of rotatable bonds is 7. The van der Waals surface area contributed by atoms with E-state index in [9.17, 15) is 0 Å². The van der Waals surface area contributed by atoms with Gasteiger partial charge in [-0.25, -0.2) is 0 Å². The minimum absolute atomic E-state index is 0.586. The molecule has 22 heavy (non-hydrogen) atoms. The summed E-state index contributed by atoms with van der Waals surface area (Å²) in [6.07, 6.45) is 2.51. The number of furan rings is 1. The first kappa shape index (κ1) is 15.9. The minimum atomic E-state index is 0.586. The van der Waals surface area contributed by atoms with Crippen molar-refractivity contribution in [3.63, 3.8) is 0 Å². The third-order valence-electron chi connectivity index (χ3n) is 3.12. The molecule has 5 nitrogen and oxygen atoms in total. The Morgan fingerprint density at radius 1 is 1.18 bits per heavy atom. The van der Waals surface area contributed by atoms with Crippen LogP contribution in [0.15, 0.2) is 52.1 Å². The van der Waals surface area contributed by atoms with Crippen LogP contribution in [0.3, 0.4) is 0 Å². The van der Waals surface area contributed by atoms with E-state index in [0.29, 0.717) is 13.2 Å². The lowest BCUT2D eigenvalue weighted by atomic mass is 10.2. The zero-order chi connectivity index (χ0) is 15.6. The summed E-state index contributed by atoms with van der Waals surface area (Å²) in [6, 6.07) is 11.9. The molecule has 0 saturated heterocycles. The minimum Gasteiger partial charge on any atom is -0.492 e. The molecule has 2 rings (SSSR count). The Bertz CT molecular complexity index is 579. The van der Waals surface area contributed by atoms with E-state index in [2.05, 4.69) is 28.6 Å². The molecule has 0 fully saturated rings. The normalized spacial score (nSPS) is 11.3. The van der Waals surface area contributed by atoms with Crippen LogP contribution in [-0.2, 0) is 6.42 Å². The van der Waals surface area contributed by atoms with E-state index in [-0.39, 0.29) is 0 Å². The Morgan fingerprint density at radius 2 is 2.05 bits per heavy atom. The fourth-order valence-corrected chi connectivity index (χ4v) is 2.02. The quantitative estimate of drug-likeness (QED) is 0.468. The maximum absolute atomic E-state index is 5.68. The van der Waals surface area contributed by atoms with Gasteiger partial charge in [-0.3, -0.25) is 4.99 Å². The third-order valence-corrected chi connectivity index (χ3v) is 3.12. The van der Waals surface area contributed by atoms with Gasteiger partial charge in [-0.1, -0.05) is 12.1 Å². The van der Waals surface area contributed by atoms with Gasteiger partial charge in [-0.2, -0.15) is 0 Å². The topological polar surface area (TPSA) is 58.8 Å². The summed E-state index contributed by atoms with van der Waals surface area (Å²) >= 11 is 0. The first-order valence-electron chi connectivity index (χ1n) is 7.44. The Morgan fingerprint density at radius 3 is 2.77 bits per heavy atom. The lowest BCUT2D eigenvalue weighted by Gasteiger charge is -2.12. The van der Waals surface area contributed by atoms with E-state index >= 15 is 0 Å². The molecular weight excluding hydrogens is 278 g/mol.